The number of alkyl halides is 3. The molecule has 110 valence electrons. The third kappa shape index (κ3) is 4.19. The number of ether oxygens (including phenoxy) is 1. The molecule has 1 heterocycles. The summed E-state index contributed by atoms with van der Waals surface area (Å²) in [5.74, 6) is 0. The largest absolute Gasteiger partial charge is 0.411 e. The van der Waals surface area contributed by atoms with Crippen molar-refractivity contribution in [2.24, 2.45) is 0 Å². The summed E-state index contributed by atoms with van der Waals surface area (Å²) in [7, 11) is 1.73. The second-order valence-electron chi connectivity index (χ2n) is 4.58. The van der Waals surface area contributed by atoms with E-state index in [-0.39, 0.29) is 12.6 Å². The fourth-order valence-electron chi connectivity index (χ4n) is 2.02. The number of halogens is 3. The molecule has 0 radical (unpaired) electrons. The molecule has 6 heteroatoms. The molecule has 0 saturated heterocycles. The predicted molar refractivity (Wildman–Crippen MR) is 75.3 cm³/mol. The van der Waals surface area contributed by atoms with E-state index < -0.39 is 12.8 Å². The van der Waals surface area contributed by atoms with E-state index in [2.05, 4.69) is 10.7 Å². The van der Waals surface area contributed by atoms with E-state index in [1.165, 1.54) is 4.70 Å². The van der Waals surface area contributed by atoms with Gasteiger partial charge >= 0.3 is 6.18 Å². The summed E-state index contributed by atoms with van der Waals surface area (Å²) >= 11 is 1.65. The van der Waals surface area contributed by atoms with E-state index in [0.717, 1.165) is 10.9 Å². The van der Waals surface area contributed by atoms with Crippen LogP contribution in [-0.4, -0.2) is 32.5 Å². The van der Waals surface area contributed by atoms with Crippen molar-refractivity contribution in [3.05, 3.63) is 35.2 Å². The first-order valence-electron chi connectivity index (χ1n) is 6.26. The second-order valence-corrected chi connectivity index (χ2v) is 5.49. The van der Waals surface area contributed by atoms with Crippen molar-refractivity contribution in [1.29, 1.82) is 0 Å². The normalized spacial score (nSPS) is 13.8. The van der Waals surface area contributed by atoms with Crippen LogP contribution in [0.25, 0.3) is 10.1 Å². The first-order chi connectivity index (χ1) is 9.49. The highest BCUT2D eigenvalue weighted by molar-refractivity contribution is 7.17. The minimum absolute atomic E-state index is 0.0418. The number of hydrogen-bond donors (Lipinski definition) is 1. The van der Waals surface area contributed by atoms with Crippen LogP contribution in [0.4, 0.5) is 13.2 Å². The standard InChI is InChI=1S/C14H16F3NOS/c1-18-11(7-19-9-14(15,16)17)6-10-8-20-13-5-3-2-4-12(10)13/h2-5,8,11,18H,6-7,9H2,1H3. The van der Waals surface area contributed by atoms with Crippen LogP contribution < -0.4 is 5.32 Å². The highest BCUT2D eigenvalue weighted by Gasteiger charge is 2.27. The van der Waals surface area contributed by atoms with Crippen LogP contribution in [-0.2, 0) is 11.2 Å². The summed E-state index contributed by atoms with van der Waals surface area (Å²) in [4.78, 5) is 0. The molecule has 0 aliphatic rings. The maximum Gasteiger partial charge on any atom is 0.411 e. The van der Waals surface area contributed by atoms with Crippen molar-refractivity contribution in [1.82, 2.24) is 5.32 Å². The Hall–Kier alpha value is -1.11. The zero-order valence-corrected chi connectivity index (χ0v) is 11.9. The van der Waals surface area contributed by atoms with Crippen LogP contribution in [0.2, 0.25) is 0 Å². The van der Waals surface area contributed by atoms with Gasteiger partial charge in [-0.25, -0.2) is 0 Å². The molecule has 20 heavy (non-hydrogen) atoms. The van der Waals surface area contributed by atoms with E-state index >= 15 is 0 Å². The van der Waals surface area contributed by atoms with Gasteiger partial charge < -0.3 is 10.1 Å². The van der Waals surface area contributed by atoms with Crippen LogP contribution >= 0.6 is 11.3 Å². The molecule has 1 N–H and O–H groups in total. The van der Waals surface area contributed by atoms with Crippen molar-refractivity contribution in [2.45, 2.75) is 18.6 Å². The lowest BCUT2D eigenvalue weighted by Gasteiger charge is -2.17. The Morgan fingerprint density at radius 2 is 2.05 bits per heavy atom. The van der Waals surface area contributed by atoms with Crippen LogP contribution in [0, 0.1) is 0 Å². The smallest absolute Gasteiger partial charge is 0.370 e. The van der Waals surface area contributed by atoms with Gasteiger partial charge in [0.15, 0.2) is 0 Å². The molecule has 0 aliphatic carbocycles. The van der Waals surface area contributed by atoms with Crippen molar-refractivity contribution >= 4 is 21.4 Å². The van der Waals surface area contributed by atoms with Gasteiger partial charge in [0, 0.05) is 10.7 Å². The number of rotatable bonds is 6. The van der Waals surface area contributed by atoms with Gasteiger partial charge in [0.2, 0.25) is 0 Å². The van der Waals surface area contributed by atoms with Crippen LogP contribution in [0.3, 0.4) is 0 Å². The lowest BCUT2D eigenvalue weighted by molar-refractivity contribution is -0.175. The number of nitrogens with one attached hydrogen (secondary N) is 1. The van der Waals surface area contributed by atoms with Gasteiger partial charge in [-0.1, -0.05) is 18.2 Å². The second kappa shape index (κ2) is 6.56. The Morgan fingerprint density at radius 3 is 2.75 bits per heavy atom. The minimum Gasteiger partial charge on any atom is -0.370 e. The lowest BCUT2D eigenvalue weighted by atomic mass is 10.1. The Balaban J connectivity index is 1.96. The first-order valence-corrected chi connectivity index (χ1v) is 7.14. The Kier molecular flexibility index (Phi) is 5.01. The predicted octanol–water partition coefficient (Wildman–Crippen LogP) is 3.61. The monoisotopic (exact) mass is 303 g/mol. The summed E-state index contributed by atoms with van der Waals surface area (Å²) < 4.78 is 42.1. The van der Waals surface area contributed by atoms with Crippen molar-refractivity contribution < 1.29 is 17.9 Å². The number of likely N-dealkylation sites (N-methyl/N-ethyl adjacent to an activating group) is 1. The van der Waals surface area contributed by atoms with E-state index in [9.17, 15) is 13.2 Å². The molecular formula is C14H16F3NOS. The molecule has 0 saturated carbocycles. The molecule has 2 aromatic rings. The molecule has 1 aromatic carbocycles. The van der Waals surface area contributed by atoms with Gasteiger partial charge in [-0.15, -0.1) is 11.3 Å². The third-order valence-corrected chi connectivity index (χ3v) is 4.03. The van der Waals surface area contributed by atoms with Crippen molar-refractivity contribution in [2.75, 3.05) is 20.3 Å². The molecule has 1 atom stereocenters. The molecule has 1 unspecified atom stereocenters. The third-order valence-electron chi connectivity index (χ3n) is 3.02. The van der Waals surface area contributed by atoms with Crippen LogP contribution in [0.1, 0.15) is 5.56 Å². The maximum absolute atomic E-state index is 12.1. The number of hydrogen-bond acceptors (Lipinski definition) is 3. The highest BCUT2D eigenvalue weighted by atomic mass is 32.1. The molecule has 0 amide bonds. The topological polar surface area (TPSA) is 21.3 Å². The van der Waals surface area contributed by atoms with E-state index in [0.29, 0.717) is 6.42 Å². The Bertz CT molecular complexity index is 553. The average molecular weight is 303 g/mol. The minimum atomic E-state index is -4.27. The van der Waals surface area contributed by atoms with Crippen molar-refractivity contribution in [3.63, 3.8) is 0 Å². The van der Waals surface area contributed by atoms with Crippen molar-refractivity contribution in [3.8, 4) is 0 Å². The molecule has 2 rings (SSSR count). The molecule has 0 spiro atoms. The molecule has 0 aliphatic heterocycles. The lowest BCUT2D eigenvalue weighted by Crippen LogP contribution is -2.34. The number of benzene rings is 1. The Morgan fingerprint density at radius 1 is 1.30 bits per heavy atom. The van der Waals surface area contributed by atoms with Crippen LogP contribution in [0.15, 0.2) is 29.6 Å². The SMILES string of the molecule is CNC(COCC(F)(F)F)Cc1csc2ccccc12. The zero-order valence-electron chi connectivity index (χ0n) is 11.0. The fourth-order valence-corrected chi connectivity index (χ4v) is 2.99. The molecule has 0 fully saturated rings. The van der Waals surface area contributed by atoms with Crippen LogP contribution in [0.5, 0.6) is 0 Å². The van der Waals surface area contributed by atoms with Gasteiger partial charge in [0.25, 0.3) is 0 Å². The van der Waals surface area contributed by atoms with E-state index in [4.69, 9.17) is 4.74 Å². The number of thiophene rings is 1. The average Bonchev–Trinajstić information content (AvgIpc) is 2.79. The van der Waals surface area contributed by atoms with Gasteiger partial charge in [-0.05, 0) is 35.9 Å². The van der Waals surface area contributed by atoms with Gasteiger partial charge in [-0.2, -0.15) is 13.2 Å². The molecule has 1 aromatic heterocycles. The van der Waals surface area contributed by atoms with Gasteiger partial charge in [0.05, 0.1) is 6.61 Å². The van der Waals surface area contributed by atoms with Gasteiger partial charge in [0.1, 0.15) is 6.61 Å². The maximum atomic E-state index is 12.1. The summed E-state index contributed by atoms with van der Waals surface area (Å²) in [5.41, 5.74) is 1.14. The van der Waals surface area contributed by atoms with Gasteiger partial charge in [-0.3, -0.25) is 0 Å². The number of fused-ring (bicyclic) bond motifs is 1. The summed E-state index contributed by atoms with van der Waals surface area (Å²) in [5, 5.41) is 6.22. The Labute approximate surface area is 119 Å². The summed E-state index contributed by atoms with van der Waals surface area (Å²) in [6, 6.07) is 7.88. The summed E-state index contributed by atoms with van der Waals surface area (Å²) in [6.07, 6.45) is -3.62. The summed E-state index contributed by atoms with van der Waals surface area (Å²) in [6.45, 7) is -1.16. The quantitative estimate of drug-likeness (QED) is 0.880. The molecule has 0 bridgehead atoms. The fraction of sp³-hybridized carbons (Fsp3) is 0.429. The highest BCUT2D eigenvalue weighted by Crippen LogP contribution is 2.26. The van der Waals surface area contributed by atoms with E-state index in [1.54, 1.807) is 18.4 Å². The van der Waals surface area contributed by atoms with E-state index in [1.807, 2.05) is 24.3 Å². The zero-order chi connectivity index (χ0) is 14.6. The molecular weight excluding hydrogens is 287 g/mol. The molecule has 2 nitrogen and oxygen atoms in total. The first kappa shape index (κ1) is 15.3.